The maximum absolute atomic E-state index is 11.8. The summed E-state index contributed by atoms with van der Waals surface area (Å²) in [5.74, 6) is 1.23. The molecule has 0 saturated carbocycles. The van der Waals surface area contributed by atoms with E-state index in [1.165, 1.54) is 5.56 Å². The molecule has 0 saturated heterocycles. The van der Waals surface area contributed by atoms with Crippen LogP contribution in [0.3, 0.4) is 0 Å². The van der Waals surface area contributed by atoms with E-state index in [0.29, 0.717) is 5.75 Å². The maximum Gasteiger partial charge on any atom is 0.234 e. The van der Waals surface area contributed by atoms with Crippen molar-refractivity contribution in [3.8, 4) is 0 Å². The number of carbonyl (C=O) groups excluding carboxylic acids is 1. The Morgan fingerprint density at radius 2 is 1.95 bits per heavy atom. The lowest BCUT2D eigenvalue weighted by Gasteiger charge is -2.06. The Labute approximate surface area is 128 Å². The molecule has 0 aromatic heterocycles. The number of anilines is 1. The molecule has 0 heterocycles. The highest BCUT2D eigenvalue weighted by atomic mass is 35.5. The highest BCUT2D eigenvalue weighted by Gasteiger charge is 2.03. The van der Waals surface area contributed by atoms with Crippen molar-refractivity contribution in [1.82, 2.24) is 0 Å². The van der Waals surface area contributed by atoms with Gasteiger partial charge in [0, 0.05) is 16.5 Å². The second-order valence-corrected chi connectivity index (χ2v) is 5.96. The van der Waals surface area contributed by atoms with Crippen LogP contribution in [0.25, 0.3) is 0 Å². The van der Waals surface area contributed by atoms with E-state index in [9.17, 15) is 4.79 Å². The Hall–Kier alpha value is -1.45. The first-order chi connectivity index (χ1) is 9.63. The van der Waals surface area contributed by atoms with Gasteiger partial charge in [-0.05, 0) is 36.8 Å². The van der Waals surface area contributed by atoms with Crippen LogP contribution in [0.2, 0.25) is 5.02 Å². The van der Waals surface area contributed by atoms with E-state index in [-0.39, 0.29) is 5.91 Å². The maximum atomic E-state index is 11.8. The van der Waals surface area contributed by atoms with Crippen molar-refractivity contribution in [2.45, 2.75) is 12.7 Å². The van der Waals surface area contributed by atoms with E-state index in [2.05, 4.69) is 5.32 Å². The normalized spacial score (nSPS) is 10.3. The molecule has 2 nitrogen and oxygen atoms in total. The summed E-state index contributed by atoms with van der Waals surface area (Å²) < 4.78 is 0. The average Bonchev–Trinajstić information content (AvgIpc) is 2.41. The van der Waals surface area contributed by atoms with Crippen LogP contribution >= 0.6 is 23.4 Å². The number of nitrogens with one attached hydrogen (secondary N) is 1. The largest absolute Gasteiger partial charge is 0.325 e. The Morgan fingerprint density at radius 3 is 2.65 bits per heavy atom. The van der Waals surface area contributed by atoms with E-state index >= 15 is 0 Å². The molecule has 0 bridgehead atoms. The van der Waals surface area contributed by atoms with Gasteiger partial charge in [-0.3, -0.25) is 4.79 Å². The number of halogens is 1. The van der Waals surface area contributed by atoms with Crippen molar-refractivity contribution in [2.75, 3.05) is 11.1 Å². The fourth-order valence-electron chi connectivity index (χ4n) is 1.72. The first-order valence-electron chi connectivity index (χ1n) is 6.32. The van der Waals surface area contributed by atoms with E-state index in [0.717, 1.165) is 22.0 Å². The molecule has 0 spiro atoms. The molecule has 0 fully saturated rings. The van der Waals surface area contributed by atoms with Crippen LogP contribution in [0.1, 0.15) is 11.1 Å². The lowest BCUT2D eigenvalue weighted by atomic mass is 10.2. The van der Waals surface area contributed by atoms with Gasteiger partial charge in [0.15, 0.2) is 0 Å². The molecule has 0 radical (unpaired) electrons. The third-order valence-corrected chi connectivity index (χ3v) is 3.97. The molecule has 1 amide bonds. The minimum Gasteiger partial charge on any atom is -0.325 e. The van der Waals surface area contributed by atoms with E-state index in [1.807, 2.05) is 55.5 Å². The number of rotatable bonds is 5. The van der Waals surface area contributed by atoms with Gasteiger partial charge in [-0.1, -0.05) is 41.4 Å². The molecular formula is C16H16ClNOS. The first-order valence-corrected chi connectivity index (χ1v) is 7.85. The summed E-state index contributed by atoms with van der Waals surface area (Å²) in [5, 5.41) is 3.61. The number of aryl methyl sites for hydroxylation is 1. The molecule has 2 rings (SSSR count). The van der Waals surface area contributed by atoms with Gasteiger partial charge in [0.25, 0.3) is 0 Å². The predicted octanol–water partition coefficient (Wildman–Crippen LogP) is 4.52. The van der Waals surface area contributed by atoms with Gasteiger partial charge in [0.2, 0.25) is 5.91 Å². The van der Waals surface area contributed by atoms with Crippen molar-refractivity contribution >= 4 is 35.0 Å². The molecule has 4 heteroatoms. The summed E-state index contributed by atoms with van der Waals surface area (Å²) in [4.78, 5) is 11.8. The Bertz CT molecular complexity index is 583. The number of hydrogen-bond acceptors (Lipinski definition) is 2. The zero-order chi connectivity index (χ0) is 14.4. The average molecular weight is 306 g/mol. The Balaban J connectivity index is 1.76. The number of benzene rings is 2. The first kappa shape index (κ1) is 14.9. The fourth-order valence-corrected chi connectivity index (χ4v) is 2.71. The van der Waals surface area contributed by atoms with Crippen LogP contribution in [-0.2, 0) is 10.5 Å². The van der Waals surface area contributed by atoms with Gasteiger partial charge in [-0.25, -0.2) is 0 Å². The number of hydrogen-bond donors (Lipinski definition) is 1. The van der Waals surface area contributed by atoms with Gasteiger partial charge < -0.3 is 5.32 Å². The van der Waals surface area contributed by atoms with Crippen molar-refractivity contribution in [2.24, 2.45) is 0 Å². The number of amides is 1. The SMILES string of the molecule is Cc1ccc(NC(=O)CSCc2cccc(Cl)c2)cc1. The second-order valence-electron chi connectivity index (χ2n) is 4.54. The molecule has 1 N–H and O–H groups in total. The second kappa shape index (κ2) is 7.36. The standard InChI is InChI=1S/C16H16ClNOS/c1-12-5-7-15(8-6-12)18-16(19)11-20-10-13-3-2-4-14(17)9-13/h2-9H,10-11H2,1H3,(H,18,19). The van der Waals surface area contributed by atoms with E-state index in [4.69, 9.17) is 11.6 Å². The topological polar surface area (TPSA) is 29.1 Å². The molecule has 2 aromatic rings. The highest BCUT2D eigenvalue weighted by molar-refractivity contribution is 7.99. The summed E-state index contributed by atoms with van der Waals surface area (Å²) in [5.41, 5.74) is 3.15. The van der Waals surface area contributed by atoms with Gasteiger partial charge in [-0.2, -0.15) is 0 Å². The molecule has 0 atom stereocenters. The molecule has 104 valence electrons. The van der Waals surface area contributed by atoms with Crippen molar-refractivity contribution in [3.63, 3.8) is 0 Å². The third-order valence-electron chi connectivity index (χ3n) is 2.73. The fraction of sp³-hybridized carbons (Fsp3) is 0.188. The van der Waals surface area contributed by atoms with Crippen LogP contribution in [0.4, 0.5) is 5.69 Å². The lowest BCUT2D eigenvalue weighted by molar-refractivity contribution is -0.113. The minimum atomic E-state index is 0.0147. The quantitative estimate of drug-likeness (QED) is 0.880. The molecule has 0 aliphatic rings. The summed E-state index contributed by atoms with van der Waals surface area (Å²) in [6, 6.07) is 15.5. The summed E-state index contributed by atoms with van der Waals surface area (Å²) in [7, 11) is 0. The molecule has 0 unspecified atom stereocenters. The van der Waals surface area contributed by atoms with Crippen molar-refractivity contribution in [1.29, 1.82) is 0 Å². The minimum absolute atomic E-state index is 0.0147. The van der Waals surface area contributed by atoms with Gasteiger partial charge >= 0.3 is 0 Å². The van der Waals surface area contributed by atoms with Crippen LogP contribution in [0.15, 0.2) is 48.5 Å². The van der Waals surface area contributed by atoms with Crippen molar-refractivity contribution in [3.05, 3.63) is 64.7 Å². The summed E-state index contributed by atoms with van der Waals surface area (Å²) in [6.07, 6.45) is 0. The smallest absolute Gasteiger partial charge is 0.234 e. The highest BCUT2D eigenvalue weighted by Crippen LogP contribution is 2.17. The van der Waals surface area contributed by atoms with Crippen LogP contribution in [0, 0.1) is 6.92 Å². The molecule has 0 aliphatic carbocycles. The molecule has 20 heavy (non-hydrogen) atoms. The molecule has 0 aliphatic heterocycles. The van der Waals surface area contributed by atoms with Crippen LogP contribution < -0.4 is 5.32 Å². The Kier molecular flexibility index (Phi) is 5.50. The van der Waals surface area contributed by atoms with Crippen LogP contribution in [0.5, 0.6) is 0 Å². The molecule has 2 aromatic carbocycles. The summed E-state index contributed by atoms with van der Waals surface area (Å²) in [6.45, 7) is 2.02. The third kappa shape index (κ3) is 4.91. The molecular weight excluding hydrogens is 290 g/mol. The number of thioether (sulfide) groups is 1. The zero-order valence-corrected chi connectivity index (χ0v) is 12.8. The van der Waals surface area contributed by atoms with Gasteiger partial charge in [0.1, 0.15) is 0 Å². The van der Waals surface area contributed by atoms with E-state index in [1.54, 1.807) is 11.8 Å². The summed E-state index contributed by atoms with van der Waals surface area (Å²) >= 11 is 7.49. The van der Waals surface area contributed by atoms with E-state index < -0.39 is 0 Å². The lowest BCUT2D eigenvalue weighted by Crippen LogP contribution is -2.14. The van der Waals surface area contributed by atoms with Gasteiger partial charge in [-0.15, -0.1) is 11.8 Å². The van der Waals surface area contributed by atoms with Gasteiger partial charge in [0.05, 0.1) is 5.75 Å². The Morgan fingerprint density at radius 1 is 1.20 bits per heavy atom. The van der Waals surface area contributed by atoms with Crippen molar-refractivity contribution < 1.29 is 4.79 Å². The zero-order valence-electron chi connectivity index (χ0n) is 11.2. The monoisotopic (exact) mass is 305 g/mol. The van der Waals surface area contributed by atoms with Crippen LogP contribution in [-0.4, -0.2) is 11.7 Å². The number of carbonyl (C=O) groups is 1. The predicted molar refractivity (Wildman–Crippen MR) is 87.4 cm³/mol.